The minimum atomic E-state index is -1.19. The molecular formula is C3H8N2O3. The molecular weight excluding hydrogens is 112 g/mol. The van der Waals surface area contributed by atoms with Gasteiger partial charge in [-0.15, -0.1) is 0 Å². The fraction of sp³-hybridized carbons (Fsp3) is 0.333. The van der Waals surface area contributed by atoms with Gasteiger partial charge in [-0.25, -0.2) is 4.79 Å². The van der Waals surface area contributed by atoms with Crippen LogP contribution in [0, 0.1) is 5.41 Å². The summed E-state index contributed by atoms with van der Waals surface area (Å²) >= 11 is 0. The Balaban J connectivity index is 0. The summed E-state index contributed by atoms with van der Waals surface area (Å²) in [5.41, 5.74) is 4.39. The van der Waals surface area contributed by atoms with E-state index in [2.05, 4.69) is 5.73 Å². The van der Waals surface area contributed by atoms with E-state index >= 15 is 0 Å². The van der Waals surface area contributed by atoms with Crippen LogP contribution >= 0.6 is 0 Å². The third-order valence-electron chi connectivity index (χ3n) is 0.135. The average molecular weight is 120 g/mol. The maximum absolute atomic E-state index is 9.12. The van der Waals surface area contributed by atoms with E-state index in [0.717, 1.165) is 6.34 Å². The normalized spacial score (nSPS) is 6.12. The van der Waals surface area contributed by atoms with Crippen LogP contribution in [0.15, 0.2) is 0 Å². The SMILES string of the molecule is N=CN.O=C(O)CO. The number of carboxylic acids is 1. The Kier molecular flexibility index (Phi) is 11.6. The Morgan fingerprint density at radius 2 is 2.00 bits per heavy atom. The van der Waals surface area contributed by atoms with Crippen molar-refractivity contribution in [3.05, 3.63) is 0 Å². The van der Waals surface area contributed by atoms with Crippen LogP contribution in [-0.2, 0) is 4.79 Å². The highest BCUT2D eigenvalue weighted by molar-refractivity contribution is 5.67. The van der Waals surface area contributed by atoms with Crippen LogP contribution in [0.4, 0.5) is 0 Å². The highest BCUT2D eigenvalue weighted by Gasteiger charge is 1.82. The molecule has 0 aromatic carbocycles. The number of hydrogen-bond donors (Lipinski definition) is 4. The first kappa shape index (κ1) is 10.0. The minimum absolute atomic E-state index is 0.750. The molecule has 0 aliphatic heterocycles. The molecule has 0 bridgehead atoms. The van der Waals surface area contributed by atoms with Crippen LogP contribution in [-0.4, -0.2) is 29.1 Å². The van der Waals surface area contributed by atoms with Gasteiger partial charge in [-0.3, -0.25) is 5.41 Å². The standard InChI is InChI=1S/C2H4O3.CH4N2/c3-1-2(4)5;2-1-3/h3H,1H2,(H,4,5);1H,(H3,2,3). The van der Waals surface area contributed by atoms with E-state index in [1.54, 1.807) is 0 Å². The molecule has 0 radical (unpaired) electrons. The quantitative estimate of drug-likeness (QED) is 0.252. The fourth-order valence-corrected chi connectivity index (χ4v) is 0. The number of nitrogens with one attached hydrogen (secondary N) is 1. The predicted octanol–water partition coefficient (Wildman–Crippen LogP) is -1.38. The largest absolute Gasteiger partial charge is 0.480 e. The smallest absolute Gasteiger partial charge is 0.329 e. The van der Waals surface area contributed by atoms with Gasteiger partial charge in [0, 0.05) is 0 Å². The second kappa shape index (κ2) is 9.31. The first-order valence-corrected chi connectivity index (χ1v) is 1.72. The molecule has 0 aromatic heterocycles. The van der Waals surface area contributed by atoms with E-state index in [1.807, 2.05) is 0 Å². The highest BCUT2D eigenvalue weighted by Crippen LogP contribution is 1.48. The van der Waals surface area contributed by atoms with E-state index in [-0.39, 0.29) is 0 Å². The maximum Gasteiger partial charge on any atom is 0.329 e. The van der Waals surface area contributed by atoms with E-state index in [4.69, 9.17) is 20.4 Å². The van der Waals surface area contributed by atoms with Crippen molar-refractivity contribution in [2.75, 3.05) is 6.61 Å². The first-order chi connectivity index (χ1) is 3.68. The molecule has 5 heteroatoms. The molecule has 5 nitrogen and oxygen atoms in total. The van der Waals surface area contributed by atoms with Crippen molar-refractivity contribution >= 4 is 12.3 Å². The summed E-state index contributed by atoms with van der Waals surface area (Å²) in [6.45, 7) is -0.778. The zero-order valence-electron chi connectivity index (χ0n) is 4.16. The molecule has 8 heavy (non-hydrogen) atoms. The molecule has 0 aliphatic carbocycles. The molecule has 0 heterocycles. The van der Waals surface area contributed by atoms with Gasteiger partial charge in [0.25, 0.3) is 0 Å². The van der Waals surface area contributed by atoms with Crippen molar-refractivity contribution in [3.8, 4) is 0 Å². The predicted molar refractivity (Wildman–Crippen MR) is 27.7 cm³/mol. The van der Waals surface area contributed by atoms with Gasteiger partial charge < -0.3 is 15.9 Å². The summed E-state index contributed by atoms with van der Waals surface area (Å²) in [6.07, 6.45) is 0.750. The summed E-state index contributed by atoms with van der Waals surface area (Å²) in [5.74, 6) is -1.19. The lowest BCUT2D eigenvalue weighted by Gasteiger charge is -1.72. The highest BCUT2D eigenvalue weighted by atomic mass is 16.4. The minimum Gasteiger partial charge on any atom is -0.480 e. The number of carboxylic acid groups (broad SMARTS) is 1. The van der Waals surface area contributed by atoms with Gasteiger partial charge in [-0.05, 0) is 0 Å². The van der Waals surface area contributed by atoms with Crippen LogP contribution in [0.2, 0.25) is 0 Å². The van der Waals surface area contributed by atoms with E-state index in [9.17, 15) is 0 Å². The molecule has 5 N–H and O–H groups in total. The van der Waals surface area contributed by atoms with Crippen molar-refractivity contribution in [2.24, 2.45) is 5.73 Å². The summed E-state index contributed by atoms with van der Waals surface area (Å²) in [7, 11) is 0. The number of aliphatic hydroxyl groups excluding tert-OH is 1. The number of aliphatic carboxylic acids is 1. The lowest BCUT2D eigenvalue weighted by atomic mass is 10.8. The van der Waals surface area contributed by atoms with Crippen LogP contribution in [0.1, 0.15) is 0 Å². The molecule has 0 amide bonds. The molecule has 0 rings (SSSR count). The lowest BCUT2D eigenvalue weighted by Crippen LogP contribution is -1.98. The Morgan fingerprint density at radius 3 is 2.00 bits per heavy atom. The van der Waals surface area contributed by atoms with E-state index in [1.165, 1.54) is 0 Å². The topological polar surface area (TPSA) is 107 Å². The van der Waals surface area contributed by atoms with Gasteiger partial charge in [-0.2, -0.15) is 0 Å². The second-order valence-electron chi connectivity index (χ2n) is 0.719. The molecule has 0 aromatic rings. The van der Waals surface area contributed by atoms with Crippen LogP contribution in [0.25, 0.3) is 0 Å². The lowest BCUT2D eigenvalue weighted by molar-refractivity contribution is -0.140. The van der Waals surface area contributed by atoms with Crippen molar-refractivity contribution in [2.45, 2.75) is 0 Å². The Morgan fingerprint density at radius 1 is 1.88 bits per heavy atom. The Labute approximate surface area is 46.3 Å². The number of nitrogens with two attached hydrogens (primary N) is 1. The molecule has 0 saturated carbocycles. The van der Waals surface area contributed by atoms with Gasteiger partial charge in [0.15, 0.2) is 0 Å². The van der Waals surface area contributed by atoms with Gasteiger partial charge in [0.1, 0.15) is 6.61 Å². The molecule has 0 atom stereocenters. The molecule has 0 aliphatic rings. The fourth-order valence-electron chi connectivity index (χ4n) is 0. The second-order valence-corrected chi connectivity index (χ2v) is 0.719. The third-order valence-corrected chi connectivity index (χ3v) is 0.135. The van der Waals surface area contributed by atoms with Crippen molar-refractivity contribution in [1.82, 2.24) is 0 Å². The summed E-state index contributed by atoms with van der Waals surface area (Å²) in [4.78, 5) is 9.12. The number of hydrogen-bond acceptors (Lipinski definition) is 3. The van der Waals surface area contributed by atoms with Crippen molar-refractivity contribution in [1.29, 1.82) is 5.41 Å². The first-order valence-electron chi connectivity index (χ1n) is 1.72. The van der Waals surface area contributed by atoms with Gasteiger partial charge >= 0.3 is 5.97 Å². The molecule has 0 spiro atoms. The van der Waals surface area contributed by atoms with Gasteiger partial charge in [-0.1, -0.05) is 0 Å². The number of rotatable bonds is 1. The summed E-state index contributed by atoms with van der Waals surface area (Å²) in [6, 6.07) is 0. The van der Waals surface area contributed by atoms with Gasteiger partial charge in [0.2, 0.25) is 0 Å². The van der Waals surface area contributed by atoms with E-state index in [0.29, 0.717) is 0 Å². The maximum atomic E-state index is 9.12. The zero-order valence-corrected chi connectivity index (χ0v) is 4.16. The van der Waals surface area contributed by atoms with Crippen molar-refractivity contribution < 1.29 is 15.0 Å². The van der Waals surface area contributed by atoms with Crippen LogP contribution in [0.3, 0.4) is 0 Å². The molecule has 0 saturated heterocycles. The van der Waals surface area contributed by atoms with Crippen LogP contribution < -0.4 is 5.73 Å². The Bertz CT molecular complexity index is 72.9. The van der Waals surface area contributed by atoms with E-state index < -0.39 is 12.6 Å². The molecule has 48 valence electrons. The number of carbonyl (C=O) groups is 1. The zero-order chi connectivity index (χ0) is 6.99. The molecule has 0 unspecified atom stereocenters. The monoisotopic (exact) mass is 120 g/mol. The van der Waals surface area contributed by atoms with Gasteiger partial charge in [0.05, 0.1) is 6.34 Å². The third kappa shape index (κ3) is 92.0. The number of aliphatic hydroxyl groups is 1. The molecule has 0 fully saturated rings. The summed E-state index contributed by atoms with van der Waals surface area (Å²) < 4.78 is 0. The van der Waals surface area contributed by atoms with Crippen LogP contribution in [0.5, 0.6) is 0 Å². The average Bonchev–Trinajstić information content (AvgIpc) is 1.69. The van der Waals surface area contributed by atoms with Crippen molar-refractivity contribution in [3.63, 3.8) is 0 Å². The summed E-state index contributed by atoms with van der Waals surface area (Å²) in [5, 5.41) is 20.9. The Hall–Kier alpha value is -1.10.